The smallest absolute Gasteiger partial charge is 0.293 e. The fraction of sp³-hybridized carbons (Fsp3) is 0.545. The molecule has 0 fully saturated rings. The Morgan fingerprint density at radius 1 is 1.35 bits per heavy atom. The zero-order chi connectivity index (χ0) is 15.1. The SMILES string of the molecule is CCc1cc(-c2nnc(S(=O)(=O)Cl)n2C(C)C)n(C)n1. The van der Waals surface area contributed by atoms with Crippen LogP contribution in [0.1, 0.15) is 32.5 Å². The molecule has 0 radical (unpaired) electrons. The first-order valence-corrected chi connectivity index (χ1v) is 8.49. The van der Waals surface area contributed by atoms with Gasteiger partial charge in [0.15, 0.2) is 5.82 Å². The van der Waals surface area contributed by atoms with Crippen molar-refractivity contribution in [1.29, 1.82) is 0 Å². The topological polar surface area (TPSA) is 82.7 Å². The van der Waals surface area contributed by atoms with E-state index in [4.69, 9.17) is 10.7 Å². The molecule has 0 saturated carbocycles. The zero-order valence-corrected chi connectivity index (χ0v) is 13.3. The van der Waals surface area contributed by atoms with E-state index in [1.807, 2.05) is 26.8 Å². The molecule has 0 amide bonds. The lowest BCUT2D eigenvalue weighted by Gasteiger charge is -2.12. The predicted octanol–water partition coefficient (Wildman–Crippen LogP) is 1.75. The van der Waals surface area contributed by atoms with Gasteiger partial charge in [0.05, 0.1) is 5.69 Å². The molecule has 20 heavy (non-hydrogen) atoms. The monoisotopic (exact) mass is 317 g/mol. The highest BCUT2D eigenvalue weighted by Crippen LogP contribution is 2.26. The maximum absolute atomic E-state index is 11.6. The molecule has 0 saturated heterocycles. The van der Waals surface area contributed by atoms with Crippen molar-refractivity contribution in [3.05, 3.63) is 11.8 Å². The van der Waals surface area contributed by atoms with Gasteiger partial charge in [-0.15, -0.1) is 10.2 Å². The second-order valence-electron chi connectivity index (χ2n) is 4.71. The maximum Gasteiger partial charge on any atom is 0.296 e. The summed E-state index contributed by atoms with van der Waals surface area (Å²) >= 11 is 0. The molecule has 110 valence electrons. The van der Waals surface area contributed by atoms with Gasteiger partial charge in [0.25, 0.3) is 14.2 Å². The molecule has 2 rings (SSSR count). The van der Waals surface area contributed by atoms with E-state index in [1.165, 1.54) is 4.57 Å². The molecule has 0 aliphatic heterocycles. The quantitative estimate of drug-likeness (QED) is 0.802. The van der Waals surface area contributed by atoms with Crippen LogP contribution in [0.3, 0.4) is 0 Å². The number of nitrogens with zero attached hydrogens (tertiary/aromatic N) is 5. The minimum atomic E-state index is -3.95. The first-order valence-electron chi connectivity index (χ1n) is 6.18. The van der Waals surface area contributed by atoms with Crippen LogP contribution in [0.25, 0.3) is 11.5 Å². The largest absolute Gasteiger partial charge is 0.296 e. The molecule has 2 aromatic rings. The first kappa shape index (κ1) is 15.0. The highest BCUT2D eigenvalue weighted by Gasteiger charge is 2.26. The van der Waals surface area contributed by atoms with Crippen LogP contribution < -0.4 is 0 Å². The van der Waals surface area contributed by atoms with Crippen LogP contribution in [0.4, 0.5) is 0 Å². The molecular formula is C11H16ClN5O2S. The van der Waals surface area contributed by atoms with Crippen molar-refractivity contribution in [3.8, 4) is 11.5 Å². The van der Waals surface area contributed by atoms with Crippen LogP contribution in [0.5, 0.6) is 0 Å². The Labute approximate surface area is 122 Å². The molecule has 2 aromatic heterocycles. The van der Waals surface area contributed by atoms with E-state index >= 15 is 0 Å². The molecule has 0 aliphatic rings. The average molecular weight is 318 g/mol. The van der Waals surface area contributed by atoms with E-state index in [2.05, 4.69) is 15.3 Å². The Morgan fingerprint density at radius 3 is 2.45 bits per heavy atom. The van der Waals surface area contributed by atoms with E-state index in [1.54, 1.807) is 11.7 Å². The fourth-order valence-electron chi connectivity index (χ4n) is 1.99. The Kier molecular flexibility index (Phi) is 3.88. The van der Waals surface area contributed by atoms with E-state index in [-0.39, 0.29) is 11.2 Å². The fourth-order valence-corrected chi connectivity index (χ4v) is 2.98. The minimum absolute atomic E-state index is 0.150. The van der Waals surface area contributed by atoms with E-state index < -0.39 is 9.05 Å². The van der Waals surface area contributed by atoms with Gasteiger partial charge in [-0.3, -0.25) is 9.25 Å². The molecule has 0 unspecified atom stereocenters. The third-order valence-corrected chi connectivity index (χ3v) is 4.05. The molecule has 2 heterocycles. The molecular weight excluding hydrogens is 302 g/mol. The van der Waals surface area contributed by atoms with Crippen LogP contribution in [0, 0.1) is 0 Å². The summed E-state index contributed by atoms with van der Waals surface area (Å²) < 4.78 is 26.3. The molecule has 0 aromatic carbocycles. The summed E-state index contributed by atoms with van der Waals surface area (Å²) in [6, 6.07) is 1.72. The summed E-state index contributed by atoms with van der Waals surface area (Å²) in [5.41, 5.74) is 1.60. The first-order chi connectivity index (χ1) is 9.25. The van der Waals surface area contributed by atoms with Gasteiger partial charge in [0, 0.05) is 23.8 Å². The van der Waals surface area contributed by atoms with Gasteiger partial charge in [-0.2, -0.15) is 5.10 Å². The normalized spacial score (nSPS) is 12.3. The predicted molar refractivity (Wildman–Crippen MR) is 75.0 cm³/mol. The highest BCUT2D eigenvalue weighted by atomic mass is 35.7. The Hall–Kier alpha value is -1.41. The summed E-state index contributed by atoms with van der Waals surface area (Å²) in [4.78, 5) is 0. The van der Waals surface area contributed by atoms with Crippen LogP contribution in [0.15, 0.2) is 11.2 Å². The van der Waals surface area contributed by atoms with Crippen molar-refractivity contribution in [2.75, 3.05) is 0 Å². The van der Waals surface area contributed by atoms with Crippen molar-refractivity contribution in [2.45, 2.75) is 38.4 Å². The van der Waals surface area contributed by atoms with Crippen LogP contribution in [-0.2, 0) is 22.5 Å². The number of hydrogen-bond acceptors (Lipinski definition) is 5. The number of aryl methyl sites for hydroxylation is 2. The Balaban J connectivity index is 2.69. The molecule has 0 atom stereocenters. The standard InChI is InChI=1S/C11H16ClN5O2S/c1-5-8-6-9(16(4)15-8)10-13-14-11(20(12,18)19)17(10)7(2)3/h6-7H,5H2,1-4H3. The Morgan fingerprint density at radius 2 is 2.00 bits per heavy atom. The van der Waals surface area contributed by atoms with Gasteiger partial charge < -0.3 is 0 Å². The van der Waals surface area contributed by atoms with Gasteiger partial charge in [0.2, 0.25) is 0 Å². The lowest BCUT2D eigenvalue weighted by atomic mass is 10.3. The van der Waals surface area contributed by atoms with Gasteiger partial charge in [0.1, 0.15) is 5.69 Å². The minimum Gasteiger partial charge on any atom is -0.293 e. The maximum atomic E-state index is 11.6. The van der Waals surface area contributed by atoms with Gasteiger partial charge in [-0.05, 0) is 26.3 Å². The van der Waals surface area contributed by atoms with Crippen molar-refractivity contribution in [2.24, 2.45) is 7.05 Å². The molecule has 0 spiro atoms. The molecule has 0 aliphatic carbocycles. The highest BCUT2D eigenvalue weighted by molar-refractivity contribution is 8.13. The van der Waals surface area contributed by atoms with Crippen molar-refractivity contribution >= 4 is 19.7 Å². The van der Waals surface area contributed by atoms with Gasteiger partial charge in [-0.1, -0.05) is 6.92 Å². The number of rotatable bonds is 4. The van der Waals surface area contributed by atoms with Crippen molar-refractivity contribution in [1.82, 2.24) is 24.5 Å². The third kappa shape index (κ3) is 2.57. The van der Waals surface area contributed by atoms with E-state index in [9.17, 15) is 8.42 Å². The summed E-state index contributed by atoms with van der Waals surface area (Å²) in [5, 5.41) is 11.8. The number of aromatic nitrogens is 5. The second-order valence-corrected chi connectivity index (χ2v) is 7.17. The number of hydrogen-bond donors (Lipinski definition) is 0. The van der Waals surface area contributed by atoms with Crippen LogP contribution in [0.2, 0.25) is 0 Å². The molecule has 7 nitrogen and oxygen atoms in total. The lowest BCUT2D eigenvalue weighted by Crippen LogP contribution is -2.11. The van der Waals surface area contributed by atoms with E-state index in [0.717, 1.165) is 12.1 Å². The summed E-state index contributed by atoms with van der Waals surface area (Å²) in [5.74, 6) is 0.439. The van der Waals surface area contributed by atoms with Gasteiger partial charge >= 0.3 is 0 Å². The van der Waals surface area contributed by atoms with Crippen molar-refractivity contribution in [3.63, 3.8) is 0 Å². The number of halogens is 1. The van der Waals surface area contributed by atoms with E-state index in [0.29, 0.717) is 11.5 Å². The lowest BCUT2D eigenvalue weighted by molar-refractivity contribution is 0.528. The van der Waals surface area contributed by atoms with Crippen LogP contribution >= 0.6 is 10.7 Å². The molecule has 0 bridgehead atoms. The molecule has 0 N–H and O–H groups in total. The molecule has 9 heteroatoms. The van der Waals surface area contributed by atoms with Gasteiger partial charge in [-0.25, -0.2) is 8.42 Å². The van der Waals surface area contributed by atoms with Crippen LogP contribution in [-0.4, -0.2) is 33.0 Å². The third-order valence-electron chi connectivity index (χ3n) is 2.92. The second kappa shape index (κ2) is 5.17. The average Bonchev–Trinajstić information content (AvgIpc) is 2.90. The summed E-state index contributed by atoms with van der Waals surface area (Å²) in [6.07, 6.45) is 0.782. The summed E-state index contributed by atoms with van der Waals surface area (Å²) in [6.45, 7) is 5.68. The summed E-state index contributed by atoms with van der Waals surface area (Å²) in [7, 11) is 3.24. The Bertz CT molecular complexity index is 732. The zero-order valence-electron chi connectivity index (χ0n) is 11.7. The van der Waals surface area contributed by atoms with Crippen molar-refractivity contribution < 1.29 is 8.42 Å².